The molecule has 0 atom stereocenters. The Kier molecular flexibility index (Phi) is 5.63. The molecule has 0 saturated heterocycles. The lowest BCUT2D eigenvalue weighted by Gasteiger charge is -2.01. The second-order valence-electron chi connectivity index (χ2n) is 3.03. The summed E-state index contributed by atoms with van der Waals surface area (Å²) >= 11 is 1.96. The number of thioether (sulfide) groups is 1. The van der Waals surface area contributed by atoms with Crippen molar-refractivity contribution in [2.45, 2.75) is 13.3 Å². The minimum absolute atomic E-state index is 0.914. The third-order valence-electron chi connectivity index (χ3n) is 1.80. The van der Waals surface area contributed by atoms with Gasteiger partial charge in [-0.25, -0.2) is 4.98 Å². The third-order valence-corrected chi connectivity index (χ3v) is 2.70. The summed E-state index contributed by atoms with van der Waals surface area (Å²) in [6.07, 6.45) is 2.65. The van der Waals surface area contributed by atoms with Gasteiger partial charge >= 0.3 is 0 Å². The fraction of sp³-hybridized carbons (Fsp3) is 0.778. The highest BCUT2D eigenvalue weighted by atomic mass is 32.2. The van der Waals surface area contributed by atoms with Crippen molar-refractivity contribution in [2.24, 2.45) is 7.05 Å². The Morgan fingerprint density at radius 3 is 3.00 bits per heavy atom. The van der Waals surface area contributed by atoms with Crippen molar-refractivity contribution < 1.29 is 0 Å². The molecular weight excluding hydrogens is 196 g/mol. The van der Waals surface area contributed by atoms with Crippen molar-refractivity contribution in [3.05, 3.63) is 12.2 Å². The Morgan fingerprint density at radius 1 is 1.50 bits per heavy atom. The van der Waals surface area contributed by atoms with Crippen LogP contribution in [0.25, 0.3) is 0 Å². The van der Waals surface area contributed by atoms with Gasteiger partial charge in [-0.1, -0.05) is 6.92 Å². The van der Waals surface area contributed by atoms with Crippen molar-refractivity contribution in [3.8, 4) is 0 Å². The van der Waals surface area contributed by atoms with Gasteiger partial charge in [0.05, 0.1) is 0 Å². The lowest BCUT2D eigenvalue weighted by atomic mass is 10.4. The summed E-state index contributed by atoms with van der Waals surface area (Å²) in [6.45, 7) is 4.22. The van der Waals surface area contributed by atoms with E-state index in [4.69, 9.17) is 0 Å². The molecule has 1 N–H and O–H groups in total. The number of hydrogen-bond donors (Lipinski definition) is 1. The normalized spacial score (nSPS) is 10.7. The van der Waals surface area contributed by atoms with Crippen LogP contribution in [-0.2, 0) is 13.5 Å². The van der Waals surface area contributed by atoms with E-state index in [1.165, 1.54) is 11.5 Å². The van der Waals surface area contributed by atoms with Gasteiger partial charge in [-0.05, 0) is 5.75 Å². The largest absolute Gasteiger partial charge is 0.315 e. The van der Waals surface area contributed by atoms with Crippen LogP contribution >= 0.6 is 11.8 Å². The van der Waals surface area contributed by atoms with E-state index in [-0.39, 0.29) is 0 Å². The Bertz CT molecular complexity index is 249. The molecule has 0 unspecified atom stereocenters. The average molecular weight is 214 g/mol. The number of aromatic nitrogens is 3. The van der Waals surface area contributed by atoms with Crippen LogP contribution in [0.2, 0.25) is 0 Å². The van der Waals surface area contributed by atoms with Gasteiger partial charge in [-0.2, -0.15) is 16.9 Å². The highest BCUT2D eigenvalue weighted by Crippen LogP contribution is 1.95. The van der Waals surface area contributed by atoms with E-state index in [1.807, 2.05) is 18.8 Å². The van der Waals surface area contributed by atoms with Gasteiger partial charge in [0.2, 0.25) is 0 Å². The molecule has 0 fully saturated rings. The topological polar surface area (TPSA) is 42.7 Å². The number of aryl methyl sites for hydroxylation is 1. The maximum Gasteiger partial charge on any atom is 0.151 e. The molecule has 0 radical (unpaired) electrons. The standard InChI is InChI=1S/C9H18N4S/c1-3-14-7-6-10-5-4-9-11-8-13(2)12-9/h8,10H,3-7H2,1-2H3. The monoisotopic (exact) mass is 214 g/mol. The molecule has 0 amide bonds. The van der Waals surface area contributed by atoms with Gasteiger partial charge in [-0.3, -0.25) is 4.68 Å². The molecule has 0 saturated carbocycles. The van der Waals surface area contributed by atoms with Crippen LogP contribution < -0.4 is 5.32 Å². The van der Waals surface area contributed by atoms with Gasteiger partial charge in [-0.15, -0.1) is 0 Å². The van der Waals surface area contributed by atoms with E-state index in [0.717, 1.165) is 25.3 Å². The smallest absolute Gasteiger partial charge is 0.151 e. The van der Waals surface area contributed by atoms with Crippen LogP contribution in [0, 0.1) is 0 Å². The molecule has 4 nitrogen and oxygen atoms in total. The van der Waals surface area contributed by atoms with Gasteiger partial charge in [0.1, 0.15) is 6.33 Å². The fourth-order valence-electron chi connectivity index (χ4n) is 1.11. The molecular formula is C9H18N4S. The average Bonchev–Trinajstić information content (AvgIpc) is 2.58. The summed E-state index contributed by atoms with van der Waals surface area (Å²) in [5, 5.41) is 7.57. The van der Waals surface area contributed by atoms with Gasteiger partial charge in [0, 0.05) is 32.3 Å². The zero-order valence-corrected chi connectivity index (χ0v) is 9.68. The first-order valence-corrected chi connectivity index (χ1v) is 6.11. The Hall–Kier alpha value is -0.550. The van der Waals surface area contributed by atoms with Crippen molar-refractivity contribution in [1.29, 1.82) is 0 Å². The van der Waals surface area contributed by atoms with Crippen LogP contribution in [0.5, 0.6) is 0 Å². The van der Waals surface area contributed by atoms with E-state index in [2.05, 4.69) is 22.3 Å². The molecule has 0 spiro atoms. The van der Waals surface area contributed by atoms with Crippen molar-refractivity contribution in [1.82, 2.24) is 20.1 Å². The molecule has 1 heterocycles. The fourth-order valence-corrected chi connectivity index (χ4v) is 1.69. The minimum atomic E-state index is 0.914. The number of nitrogens with zero attached hydrogens (tertiary/aromatic N) is 3. The Labute approximate surface area is 89.5 Å². The predicted octanol–water partition coefficient (Wildman–Crippen LogP) is 0.700. The highest BCUT2D eigenvalue weighted by Gasteiger charge is 1.97. The molecule has 0 aromatic carbocycles. The van der Waals surface area contributed by atoms with E-state index in [1.54, 1.807) is 11.0 Å². The van der Waals surface area contributed by atoms with E-state index >= 15 is 0 Å². The molecule has 14 heavy (non-hydrogen) atoms. The summed E-state index contributed by atoms with van der Waals surface area (Å²) in [7, 11) is 1.89. The second kappa shape index (κ2) is 6.84. The summed E-state index contributed by atoms with van der Waals surface area (Å²) in [6, 6.07) is 0. The number of rotatable bonds is 7. The lowest BCUT2D eigenvalue weighted by molar-refractivity contribution is 0.684. The van der Waals surface area contributed by atoms with Crippen molar-refractivity contribution in [2.75, 3.05) is 24.6 Å². The van der Waals surface area contributed by atoms with Crippen LogP contribution in [0.1, 0.15) is 12.7 Å². The molecule has 0 aliphatic carbocycles. The van der Waals surface area contributed by atoms with E-state index in [0.29, 0.717) is 0 Å². The van der Waals surface area contributed by atoms with Crippen molar-refractivity contribution >= 4 is 11.8 Å². The molecule has 0 aliphatic heterocycles. The second-order valence-corrected chi connectivity index (χ2v) is 4.43. The van der Waals surface area contributed by atoms with E-state index in [9.17, 15) is 0 Å². The molecule has 1 aromatic rings. The number of nitrogens with one attached hydrogen (secondary N) is 1. The van der Waals surface area contributed by atoms with Gasteiger partial charge < -0.3 is 5.32 Å². The summed E-state index contributed by atoms with van der Waals surface area (Å²) in [5.74, 6) is 3.30. The van der Waals surface area contributed by atoms with Crippen LogP contribution in [0.3, 0.4) is 0 Å². The first-order valence-electron chi connectivity index (χ1n) is 4.96. The highest BCUT2D eigenvalue weighted by molar-refractivity contribution is 7.99. The van der Waals surface area contributed by atoms with Crippen LogP contribution in [-0.4, -0.2) is 39.4 Å². The molecule has 80 valence electrons. The van der Waals surface area contributed by atoms with Gasteiger partial charge in [0.15, 0.2) is 5.82 Å². The summed E-state index contributed by atoms with van der Waals surface area (Å²) in [4.78, 5) is 4.16. The zero-order chi connectivity index (χ0) is 10.2. The first kappa shape index (κ1) is 11.5. The maximum absolute atomic E-state index is 4.20. The molecule has 1 aromatic heterocycles. The summed E-state index contributed by atoms with van der Waals surface area (Å²) < 4.78 is 1.74. The molecule has 0 aliphatic rings. The molecule has 5 heteroatoms. The summed E-state index contributed by atoms with van der Waals surface area (Å²) in [5.41, 5.74) is 0. The quantitative estimate of drug-likeness (QED) is 0.679. The zero-order valence-electron chi connectivity index (χ0n) is 8.86. The van der Waals surface area contributed by atoms with Crippen molar-refractivity contribution in [3.63, 3.8) is 0 Å². The molecule has 1 rings (SSSR count). The van der Waals surface area contributed by atoms with E-state index < -0.39 is 0 Å². The minimum Gasteiger partial charge on any atom is -0.315 e. The van der Waals surface area contributed by atoms with Crippen LogP contribution in [0.15, 0.2) is 6.33 Å². The Balaban J connectivity index is 1.99. The Morgan fingerprint density at radius 2 is 2.36 bits per heavy atom. The molecule has 0 bridgehead atoms. The maximum atomic E-state index is 4.20. The predicted molar refractivity (Wildman–Crippen MR) is 60.6 cm³/mol. The first-order chi connectivity index (χ1) is 6.83. The lowest BCUT2D eigenvalue weighted by Crippen LogP contribution is -2.20. The van der Waals surface area contributed by atoms with Crippen LogP contribution in [0.4, 0.5) is 0 Å². The SMILES string of the molecule is CCSCCNCCc1ncn(C)n1. The van der Waals surface area contributed by atoms with Gasteiger partial charge in [0.25, 0.3) is 0 Å². The number of hydrogen-bond acceptors (Lipinski definition) is 4. The third kappa shape index (κ3) is 4.62.